The smallest absolute Gasteiger partial charge is 0.255 e. The molecule has 2 N–H and O–H groups in total. The number of hydrogen-bond acceptors (Lipinski definition) is 9. The molecule has 12 heteroatoms. The van der Waals surface area contributed by atoms with Gasteiger partial charge in [0, 0.05) is 28.9 Å². The first-order valence-electron chi connectivity index (χ1n) is 11.6. The van der Waals surface area contributed by atoms with E-state index < -0.39 is 0 Å². The first-order valence-corrected chi connectivity index (χ1v) is 11.6. The van der Waals surface area contributed by atoms with Gasteiger partial charge in [0.25, 0.3) is 5.91 Å². The summed E-state index contributed by atoms with van der Waals surface area (Å²) < 4.78 is 21.5. The van der Waals surface area contributed by atoms with Crippen molar-refractivity contribution < 1.29 is 28.5 Å². The van der Waals surface area contributed by atoms with E-state index in [1.54, 1.807) is 60.7 Å². The lowest BCUT2D eigenvalue weighted by Crippen LogP contribution is -2.21. The fraction of sp³-hybridized carbons (Fsp3) is 0.192. The van der Waals surface area contributed by atoms with Crippen molar-refractivity contribution in [2.24, 2.45) is 0 Å². The summed E-state index contributed by atoms with van der Waals surface area (Å²) in [6, 6.07) is 17.1. The predicted octanol–water partition coefficient (Wildman–Crippen LogP) is 3.02. The van der Waals surface area contributed by atoms with E-state index in [-0.39, 0.29) is 24.2 Å². The van der Waals surface area contributed by atoms with E-state index in [0.29, 0.717) is 58.7 Å². The Morgan fingerprint density at radius 1 is 0.921 bits per heavy atom. The maximum atomic E-state index is 13.0. The summed E-state index contributed by atoms with van der Waals surface area (Å²) in [5.41, 5.74) is 1.92. The van der Waals surface area contributed by atoms with Crippen molar-refractivity contribution in [3.8, 4) is 34.4 Å². The Morgan fingerprint density at radius 3 is 2.42 bits per heavy atom. The largest absolute Gasteiger partial charge is 0.497 e. The molecule has 1 aliphatic heterocycles. The number of rotatable bonds is 8. The minimum absolute atomic E-state index is 0.167. The molecule has 0 radical (unpaired) electrons. The predicted molar refractivity (Wildman–Crippen MR) is 137 cm³/mol. The molecule has 0 spiro atoms. The van der Waals surface area contributed by atoms with E-state index in [4.69, 9.17) is 18.9 Å². The Hall–Kier alpha value is -5.13. The van der Waals surface area contributed by atoms with Gasteiger partial charge in [0.1, 0.15) is 31.3 Å². The lowest BCUT2D eigenvalue weighted by atomic mass is 10.1. The zero-order valence-corrected chi connectivity index (χ0v) is 20.6. The van der Waals surface area contributed by atoms with Gasteiger partial charge in [-0.25, -0.2) is 0 Å². The van der Waals surface area contributed by atoms with E-state index in [0.717, 1.165) is 0 Å². The number of nitrogens with zero attached hydrogens (tertiary/aromatic N) is 4. The average molecular weight is 517 g/mol. The second kappa shape index (κ2) is 10.9. The fourth-order valence-electron chi connectivity index (χ4n) is 3.79. The summed E-state index contributed by atoms with van der Waals surface area (Å²) in [7, 11) is 3.02. The quantitative estimate of drug-likeness (QED) is 0.362. The van der Waals surface area contributed by atoms with Crippen LogP contribution in [0.3, 0.4) is 0 Å². The molecular weight excluding hydrogens is 492 g/mol. The van der Waals surface area contributed by atoms with Gasteiger partial charge in [-0.15, -0.1) is 10.2 Å². The Bertz CT molecular complexity index is 1460. The lowest BCUT2D eigenvalue weighted by molar-refractivity contribution is -0.117. The van der Waals surface area contributed by atoms with Crippen LogP contribution < -0.4 is 29.6 Å². The molecule has 194 valence electrons. The van der Waals surface area contributed by atoms with Crippen molar-refractivity contribution in [2.75, 3.05) is 38.1 Å². The summed E-state index contributed by atoms with van der Waals surface area (Å²) in [6.45, 7) is 0.771. The summed E-state index contributed by atoms with van der Waals surface area (Å²) in [4.78, 5) is 26.7. The van der Waals surface area contributed by atoms with Crippen LogP contribution in [0.25, 0.3) is 11.4 Å². The Kier molecular flexibility index (Phi) is 7.02. The van der Waals surface area contributed by atoms with Gasteiger partial charge in [0.05, 0.1) is 19.9 Å². The van der Waals surface area contributed by atoms with Crippen molar-refractivity contribution in [3.05, 3.63) is 66.2 Å². The number of tetrazole rings is 1. The number of benzene rings is 3. The average Bonchev–Trinajstić information content (AvgIpc) is 3.40. The zero-order chi connectivity index (χ0) is 26.5. The van der Waals surface area contributed by atoms with Gasteiger partial charge >= 0.3 is 0 Å². The number of anilines is 2. The number of amides is 2. The van der Waals surface area contributed by atoms with Crippen LogP contribution in [-0.2, 0) is 11.3 Å². The standard InChI is InChI=1S/C26H24N6O6/c1-35-18-11-16(12-19(14-18)36-2)26(34)28-21-6-4-3-5-20(21)25-29-31-32(30-25)15-24(33)27-17-7-8-22-23(13-17)38-10-9-37-22/h3-8,11-14H,9-10,15H2,1-2H3,(H,27,33)(H,28,34). The van der Waals surface area contributed by atoms with Crippen LogP contribution in [0.2, 0.25) is 0 Å². The highest BCUT2D eigenvalue weighted by molar-refractivity contribution is 6.06. The van der Waals surface area contributed by atoms with Gasteiger partial charge in [0.15, 0.2) is 11.5 Å². The van der Waals surface area contributed by atoms with Gasteiger partial charge < -0.3 is 29.6 Å². The SMILES string of the molecule is COc1cc(OC)cc(C(=O)Nc2ccccc2-c2nnn(CC(=O)Nc3ccc4c(c3)OCCO4)n2)c1. The molecule has 38 heavy (non-hydrogen) atoms. The summed E-state index contributed by atoms with van der Waals surface area (Å²) in [6.07, 6.45) is 0. The van der Waals surface area contributed by atoms with Gasteiger partial charge in [-0.2, -0.15) is 4.80 Å². The third-order valence-electron chi connectivity index (χ3n) is 5.59. The van der Waals surface area contributed by atoms with E-state index >= 15 is 0 Å². The molecule has 0 bridgehead atoms. The van der Waals surface area contributed by atoms with Gasteiger partial charge in [-0.1, -0.05) is 12.1 Å². The number of carbonyl (C=O) groups excluding carboxylic acids is 2. The molecule has 2 heterocycles. The number of methoxy groups -OCH3 is 2. The third-order valence-corrected chi connectivity index (χ3v) is 5.59. The number of para-hydroxylation sites is 1. The molecule has 2 amide bonds. The molecule has 0 saturated carbocycles. The van der Waals surface area contributed by atoms with Gasteiger partial charge in [0.2, 0.25) is 11.7 Å². The number of nitrogens with one attached hydrogen (secondary N) is 2. The molecular formula is C26H24N6O6. The highest BCUT2D eigenvalue weighted by Crippen LogP contribution is 2.32. The highest BCUT2D eigenvalue weighted by atomic mass is 16.6. The van der Waals surface area contributed by atoms with Crippen molar-refractivity contribution in [2.45, 2.75) is 6.54 Å². The van der Waals surface area contributed by atoms with Crippen LogP contribution in [0.5, 0.6) is 23.0 Å². The number of hydrogen-bond donors (Lipinski definition) is 2. The topological polar surface area (TPSA) is 139 Å². The maximum Gasteiger partial charge on any atom is 0.255 e. The minimum Gasteiger partial charge on any atom is -0.497 e. The van der Waals surface area contributed by atoms with Crippen LogP contribution in [0.15, 0.2) is 60.7 Å². The monoisotopic (exact) mass is 516 g/mol. The highest BCUT2D eigenvalue weighted by Gasteiger charge is 2.17. The molecule has 0 atom stereocenters. The summed E-state index contributed by atoms with van der Waals surface area (Å²) in [5, 5.41) is 18.0. The van der Waals surface area contributed by atoms with Crippen LogP contribution >= 0.6 is 0 Å². The Morgan fingerprint density at radius 2 is 1.66 bits per heavy atom. The van der Waals surface area contributed by atoms with Crippen LogP contribution in [0, 0.1) is 0 Å². The number of ether oxygens (including phenoxy) is 4. The number of aromatic nitrogens is 4. The molecule has 12 nitrogen and oxygen atoms in total. The first-order chi connectivity index (χ1) is 18.5. The maximum absolute atomic E-state index is 13.0. The lowest BCUT2D eigenvalue weighted by Gasteiger charge is -2.18. The van der Waals surface area contributed by atoms with Crippen molar-refractivity contribution in [3.63, 3.8) is 0 Å². The van der Waals surface area contributed by atoms with Crippen LogP contribution in [0.1, 0.15) is 10.4 Å². The molecule has 4 aromatic rings. The summed E-state index contributed by atoms with van der Waals surface area (Å²) in [5.74, 6) is 1.70. The first kappa shape index (κ1) is 24.6. The summed E-state index contributed by atoms with van der Waals surface area (Å²) >= 11 is 0. The van der Waals surface area contributed by atoms with Gasteiger partial charge in [-0.3, -0.25) is 9.59 Å². The second-order valence-corrected chi connectivity index (χ2v) is 8.15. The van der Waals surface area contributed by atoms with Crippen molar-refractivity contribution in [1.82, 2.24) is 20.2 Å². The minimum atomic E-state index is -0.374. The number of carbonyl (C=O) groups is 2. The van der Waals surface area contributed by atoms with E-state index in [2.05, 4.69) is 26.0 Å². The molecule has 1 aromatic heterocycles. The van der Waals surface area contributed by atoms with E-state index in [1.165, 1.54) is 19.0 Å². The molecule has 5 rings (SSSR count). The van der Waals surface area contributed by atoms with Crippen molar-refractivity contribution >= 4 is 23.2 Å². The Balaban J connectivity index is 1.28. The molecule has 0 fully saturated rings. The van der Waals surface area contributed by atoms with Gasteiger partial charge in [-0.05, 0) is 41.6 Å². The van der Waals surface area contributed by atoms with Crippen molar-refractivity contribution in [1.29, 1.82) is 0 Å². The Labute approximate surface area is 217 Å². The zero-order valence-electron chi connectivity index (χ0n) is 20.6. The normalized spacial score (nSPS) is 11.9. The molecule has 0 unspecified atom stereocenters. The molecule has 1 aliphatic rings. The van der Waals surface area contributed by atoms with E-state index in [9.17, 15) is 9.59 Å². The van der Waals surface area contributed by atoms with Crippen LogP contribution in [-0.4, -0.2) is 59.5 Å². The molecule has 0 aliphatic carbocycles. The number of fused-ring (bicyclic) bond motifs is 1. The molecule has 0 saturated heterocycles. The van der Waals surface area contributed by atoms with Crippen LogP contribution in [0.4, 0.5) is 11.4 Å². The fourth-order valence-corrected chi connectivity index (χ4v) is 3.79. The third kappa shape index (κ3) is 5.48. The second-order valence-electron chi connectivity index (χ2n) is 8.15. The molecule has 3 aromatic carbocycles. The van der Waals surface area contributed by atoms with E-state index in [1.807, 2.05) is 0 Å².